The molecule has 0 saturated carbocycles. The molecule has 1 heterocycles. The van der Waals surface area contributed by atoms with Crippen LogP contribution in [0.5, 0.6) is 0 Å². The van der Waals surface area contributed by atoms with E-state index in [-0.39, 0.29) is 12.5 Å². The van der Waals surface area contributed by atoms with Crippen LogP contribution in [0.4, 0.5) is 0 Å². The lowest BCUT2D eigenvalue weighted by atomic mass is 10.1. The molecule has 1 aliphatic rings. The van der Waals surface area contributed by atoms with Gasteiger partial charge < -0.3 is 10.4 Å². The van der Waals surface area contributed by atoms with Crippen LogP contribution in [0.15, 0.2) is 6.07 Å². The van der Waals surface area contributed by atoms with Crippen molar-refractivity contribution in [2.45, 2.75) is 45.4 Å². The molecule has 20 heavy (non-hydrogen) atoms. The maximum atomic E-state index is 12.1. The summed E-state index contributed by atoms with van der Waals surface area (Å²) in [6.07, 6.45) is 6.31. The largest absolute Gasteiger partial charge is 0.481 e. The Morgan fingerprint density at radius 2 is 2.10 bits per heavy atom. The number of carboxylic acid groups (broad SMARTS) is 1. The highest BCUT2D eigenvalue weighted by molar-refractivity contribution is 7.14. The zero-order valence-electron chi connectivity index (χ0n) is 11.8. The fraction of sp³-hybridized carbons (Fsp3) is 0.600. The van der Waals surface area contributed by atoms with Crippen LogP contribution in [0.1, 0.15) is 52.7 Å². The Labute approximate surface area is 123 Å². The molecule has 5 heteroatoms. The molecular weight excluding hydrogens is 274 g/mol. The van der Waals surface area contributed by atoms with Gasteiger partial charge >= 0.3 is 5.97 Å². The van der Waals surface area contributed by atoms with Crippen LogP contribution in [0.25, 0.3) is 0 Å². The molecule has 1 aromatic heterocycles. The van der Waals surface area contributed by atoms with Crippen LogP contribution < -0.4 is 5.32 Å². The third-order valence-electron chi connectivity index (χ3n) is 3.82. The minimum Gasteiger partial charge on any atom is -0.481 e. The number of hydrogen-bond donors (Lipinski definition) is 2. The van der Waals surface area contributed by atoms with Gasteiger partial charge in [-0.1, -0.05) is 13.3 Å². The molecule has 1 amide bonds. The molecule has 0 fully saturated rings. The highest BCUT2D eigenvalue weighted by Crippen LogP contribution is 2.28. The average molecular weight is 295 g/mol. The number of nitrogens with one attached hydrogen (secondary N) is 1. The van der Waals surface area contributed by atoms with Crippen LogP contribution >= 0.6 is 11.3 Å². The number of thiophene rings is 1. The van der Waals surface area contributed by atoms with E-state index in [9.17, 15) is 9.59 Å². The van der Waals surface area contributed by atoms with Crippen LogP contribution in [0.3, 0.4) is 0 Å². The monoisotopic (exact) mass is 295 g/mol. The van der Waals surface area contributed by atoms with E-state index in [1.165, 1.54) is 29.7 Å². The molecule has 0 bridgehead atoms. The molecule has 0 radical (unpaired) electrons. The van der Waals surface area contributed by atoms with Gasteiger partial charge in [0.05, 0.1) is 10.8 Å². The van der Waals surface area contributed by atoms with E-state index < -0.39 is 11.9 Å². The number of fused-ring (bicyclic) bond motifs is 1. The Morgan fingerprint density at radius 1 is 1.35 bits per heavy atom. The van der Waals surface area contributed by atoms with Crippen LogP contribution in [0, 0.1) is 5.92 Å². The standard InChI is InChI=1S/C15H21NO3S/c1-2-10(15(18)19)9-16-14(17)13-8-11-6-4-3-5-7-12(11)20-13/h8,10H,2-7,9H2,1H3,(H,16,17)(H,18,19). The van der Waals surface area contributed by atoms with E-state index >= 15 is 0 Å². The summed E-state index contributed by atoms with van der Waals surface area (Å²) in [6.45, 7) is 2.02. The van der Waals surface area contributed by atoms with Crippen molar-refractivity contribution in [2.24, 2.45) is 5.92 Å². The van der Waals surface area contributed by atoms with Gasteiger partial charge in [-0.2, -0.15) is 0 Å². The van der Waals surface area contributed by atoms with Gasteiger partial charge in [0.1, 0.15) is 0 Å². The molecule has 1 atom stereocenters. The number of amides is 1. The second-order valence-corrected chi connectivity index (χ2v) is 6.41. The van der Waals surface area contributed by atoms with Crippen LogP contribution in [-0.2, 0) is 17.6 Å². The highest BCUT2D eigenvalue weighted by atomic mass is 32.1. The summed E-state index contributed by atoms with van der Waals surface area (Å²) in [6, 6.07) is 1.99. The maximum Gasteiger partial charge on any atom is 0.308 e. The van der Waals surface area contributed by atoms with Gasteiger partial charge in [0.15, 0.2) is 0 Å². The molecule has 2 rings (SSSR count). The van der Waals surface area contributed by atoms with E-state index in [4.69, 9.17) is 5.11 Å². The van der Waals surface area contributed by atoms with Crippen molar-refractivity contribution in [3.05, 3.63) is 21.4 Å². The highest BCUT2D eigenvalue weighted by Gasteiger charge is 2.19. The molecule has 0 aliphatic heterocycles. The predicted molar refractivity (Wildman–Crippen MR) is 79.3 cm³/mol. The van der Waals surface area contributed by atoms with Crippen molar-refractivity contribution < 1.29 is 14.7 Å². The molecular formula is C15H21NO3S. The summed E-state index contributed by atoms with van der Waals surface area (Å²) in [7, 11) is 0. The van der Waals surface area contributed by atoms with Crippen molar-refractivity contribution in [3.63, 3.8) is 0 Å². The minimum atomic E-state index is -0.852. The molecule has 1 unspecified atom stereocenters. The first-order valence-corrected chi connectivity index (χ1v) is 8.06. The fourth-order valence-corrected chi connectivity index (χ4v) is 3.66. The lowest BCUT2D eigenvalue weighted by Crippen LogP contribution is -2.32. The van der Waals surface area contributed by atoms with Crippen LogP contribution in [-0.4, -0.2) is 23.5 Å². The van der Waals surface area contributed by atoms with Crippen molar-refractivity contribution in [1.82, 2.24) is 5.32 Å². The molecule has 110 valence electrons. The summed E-state index contributed by atoms with van der Waals surface area (Å²) in [5, 5.41) is 11.7. The van der Waals surface area contributed by atoms with Crippen molar-refractivity contribution in [2.75, 3.05) is 6.54 Å². The normalized spacial score (nSPS) is 16.1. The first-order valence-electron chi connectivity index (χ1n) is 7.24. The SMILES string of the molecule is CCC(CNC(=O)c1cc2c(s1)CCCCC2)C(=O)O. The van der Waals surface area contributed by atoms with Gasteiger partial charge in [0, 0.05) is 11.4 Å². The van der Waals surface area contributed by atoms with E-state index in [1.54, 1.807) is 11.3 Å². The van der Waals surface area contributed by atoms with Crippen molar-refractivity contribution in [1.29, 1.82) is 0 Å². The maximum absolute atomic E-state index is 12.1. The third kappa shape index (κ3) is 3.60. The minimum absolute atomic E-state index is 0.136. The van der Waals surface area contributed by atoms with Gasteiger partial charge in [0.25, 0.3) is 5.91 Å². The van der Waals surface area contributed by atoms with Crippen molar-refractivity contribution >= 4 is 23.2 Å². The van der Waals surface area contributed by atoms with Crippen LogP contribution in [0.2, 0.25) is 0 Å². The van der Waals surface area contributed by atoms with Gasteiger partial charge in [0.2, 0.25) is 0 Å². The first-order chi connectivity index (χ1) is 9.61. The topological polar surface area (TPSA) is 66.4 Å². The van der Waals surface area contributed by atoms with Gasteiger partial charge in [-0.25, -0.2) is 0 Å². The quantitative estimate of drug-likeness (QED) is 0.821. The predicted octanol–water partition coefficient (Wildman–Crippen LogP) is 2.86. The Kier molecular flexibility index (Phi) is 5.17. The Morgan fingerprint density at radius 3 is 2.80 bits per heavy atom. The number of hydrogen-bond acceptors (Lipinski definition) is 3. The summed E-state index contributed by atoms with van der Waals surface area (Å²) >= 11 is 1.56. The molecule has 0 aromatic carbocycles. The van der Waals surface area contributed by atoms with E-state index in [0.29, 0.717) is 6.42 Å². The molecule has 4 nitrogen and oxygen atoms in total. The summed E-state index contributed by atoms with van der Waals surface area (Å²) in [4.78, 5) is 25.1. The van der Waals surface area contributed by atoms with E-state index in [0.717, 1.165) is 17.7 Å². The molecule has 1 aromatic rings. The Hall–Kier alpha value is -1.36. The van der Waals surface area contributed by atoms with E-state index in [1.807, 2.05) is 13.0 Å². The zero-order chi connectivity index (χ0) is 14.5. The van der Waals surface area contributed by atoms with Gasteiger partial charge in [-0.05, 0) is 43.7 Å². The fourth-order valence-electron chi connectivity index (χ4n) is 2.49. The number of rotatable bonds is 5. The number of aryl methyl sites for hydroxylation is 2. The zero-order valence-corrected chi connectivity index (χ0v) is 12.6. The lowest BCUT2D eigenvalue weighted by Gasteiger charge is -2.10. The first kappa shape index (κ1) is 15.0. The molecule has 0 spiro atoms. The number of carbonyl (C=O) groups is 2. The second-order valence-electron chi connectivity index (χ2n) is 5.27. The lowest BCUT2D eigenvalue weighted by molar-refractivity contribution is -0.141. The molecule has 0 saturated heterocycles. The Balaban J connectivity index is 1.97. The van der Waals surface area contributed by atoms with Gasteiger partial charge in [-0.15, -0.1) is 11.3 Å². The summed E-state index contributed by atoms with van der Waals surface area (Å²) in [5.74, 6) is -1.49. The number of aliphatic carboxylic acids is 1. The number of carboxylic acids is 1. The number of carbonyl (C=O) groups excluding carboxylic acids is 1. The smallest absolute Gasteiger partial charge is 0.308 e. The summed E-state index contributed by atoms with van der Waals surface area (Å²) in [5.41, 5.74) is 1.31. The summed E-state index contributed by atoms with van der Waals surface area (Å²) < 4.78 is 0. The molecule has 2 N–H and O–H groups in total. The third-order valence-corrected chi connectivity index (χ3v) is 5.06. The average Bonchev–Trinajstić information content (AvgIpc) is 2.70. The Bertz CT molecular complexity index is 472. The van der Waals surface area contributed by atoms with Gasteiger partial charge in [-0.3, -0.25) is 9.59 Å². The second kappa shape index (κ2) is 6.88. The van der Waals surface area contributed by atoms with Crippen molar-refractivity contribution in [3.8, 4) is 0 Å². The molecule has 1 aliphatic carbocycles. The van der Waals surface area contributed by atoms with E-state index in [2.05, 4.69) is 5.32 Å².